The predicted octanol–water partition coefficient (Wildman–Crippen LogP) is 2.27. The number of rotatable bonds is 4. The van der Waals surface area contributed by atoms with Crippen LogP contribution in [0.3, 0.4) is 0 Å². The zero-order valence-corrected chi connectivity index (χ0v) is 13.0. The van der Waals surface area contributed by atoms with Gasteiger partial charge >= 0.3 is 0 Å². The molecule has 1 heterocycles. The van der Waals surface area contributed by atoms with Crippen LogP contribution in [-0.2, 0) is 16.6 Å². The molecule has 0 amide bonds. The smallest absolute Gasteiger partial charge is 0.241 e. The summed E-state index contributed by atoms with van der Waals surface area (Å²) in [6, 6.07) is 5.18. The molecule has 0 saturated carbocycles. The number of aromatic nitrogens is 2. The summed E-state index contributed by atoms with van der Waals surface area (Å²) in [5.74, 6) is 0. The van der Waals surface area contributed by atoms with Gasteiger partial charge < -0.3 is 0 Å². The average Bonchev–Trinajstić information content (AvgIpc) is 2.75. The first-order chi connectivity index (χ1) is 8.90. The van der Waals surface area contributed by atoms with Gasteiger partial charge in [-0.1, -0.05) is 22.0 Å². The maximum atomic E-state index is 12.2. The van der Waals surface area contributed by atoms with E-state index < -0.39 is 10.0 Å². The van der Waals surface area contributed by atoms with Crippen molar-refractivity contribution >= 4 is 26.0 Å². The van der Waals surface area contributed by atoms with Crippen molar-refractivity contribution in [3.8, 4) is 0 Å². The standard InChI is InChI=1S/C12H14BrN3O2S/c1-8-3-4-11(13)5-12(8)19(17,18)15-7-10-6-14-16-9(10)2/h3-6,15H,7H2,1-2H3,(H,14,16). The molecule has 1 aromatic carbocycles. The number of benzene rings is 1. The quantitative estimate of drug-likeness (QED) is 0.894. The van der Waals surface area contributed by atoms with Gasteiger partial charge in [0.1, 0.15) is 0 Å². The number of aryl methyl sites for hydroxylation is 2. The largest absolute Gasteiger partial charge is 0.283 e. The fraction of sp³-hybridized carbons (Fsp3) is 0.250. The molecule has 0 radical (unpaired) electrons. The lowest BCUT2D eigenvalue weighted by Crippen LogP contribution is -2.24. The third-order valence-corrected chi connectivity index (χ3v) is 4.86. The van der Waals surface area contributed by atoms with Crippen LogP contribution in [0, 0.1) is 13.8 Å². The van der Waals surface area contributed by atoms with E-state index >= 15 is 0 Å². The monoisotopic (exact) mass is 343 g/mol. The molecule has 2 rings (SSSR count). The molecule has 102 valence electrons. The minimum Gasteiger partial charge on any atom is -0.283 e. The molecule has 0 aliphatic heterocycles. The normalized spacial score (nSPS) is 11.7. The molecule has 0 bridgehead atoms. The lowest BCUT2D eigenvalue weighted by molar-refractivity contribution is 0.580. The Kier molecular flexibility index (Phi) is 4.07. The number of H-pyrrole nitrogens is 1. The van der Waals surface area contributed by atoms with E-state index in [2.05, 4.69) is 30.8 Å². The van der Waals surface area contributed by atoms with Crippen LogP contribution < -0.4 is 4.72 Å². The van der Waals surface area contributed by atoms with E-state index in [1.165, 1.54) is 0 Å². The van der Waals surface area contributed by atoms with Gasteiger partial charge in [0.05, 0.1) is 11.1 Å². The maximum absolute atomic E-state index is 12.2. The summed E-state index contributed by atoms with van der Waals surface area (Å²) in [7, 11) is -3.53. The molecule has 0 spiro atoms. The average molecular weight is 344 g/mol. The SMILES string of the molecule is Cc1ccc(Br)cc1S(=O)(=O)NCc1cn[nH]c1C. The number of halogens is 1. The van der Waals surface area contributed by atoms with E-state index in [0.717, 1.165) is 15.7 Å². The lowest BCUT2D eigenvalue weighted by Gasteiger charge is -2.09. The maximum Gasteiger partial charge on any atom is 0.241 e. The molecule has 5 nitrogen and oxygen atoms in total. The molecule has 0 atom stereocenters. The lowest BCUT2D eigenvalue weighted by atomic mass is 10.2. The first-order valence-corrected chi connectivity index (χ1v) is 7.92. The number of hydrogen-bond donors (Lipinski definition) is 2. The Labute approximate surface area is 120 Å². The second kappa shape index (κ2) is 5.44. The van der Waals surface area contributed by atoms with Gasteiger partial charge in [0.15, 0.2) is 0 Å². The Bertz CT molecular complexity index is 695. The molecule has 7 heteroatoms. The summed E-state index contributed by atoms with van der Waals surface area (Å²) in [6.07, 6.45) is 1.62. The van der Waals surface area contributed by atoms with Gasteiger partial charge in [-0.3, -0.25) is 5.10 Å². The number of aromatic amines is 1. The fourth-order valence-electron chi connectivity index (χ4n) is 1.67. The third-order valence-electron chi connectivity index (χ3n) is 2.83. The van der Waals surface area contributed by atoms with Crippen molar-refractivity contribution in [2.45, 2.75) is 25.3 Å². The Morgan fingerprint density at radius 2 is 2.11 bits per heavy atom. The fourth-order valence-corrected chi connectivity index (χ4v) is 3.46. The summed E-state index contributed by atoms with van der Waals surface area (Å²) >= 11 is 3.28. The Hall–Kier alpha value is -1.18. The van der Waals surface area contributed by atoms with Crippen molar-refractivity contribution in [2.75, 3.05) is 0 Å². The first kappa shape index (κ1) is 14.2. The van der Waals surface area contributed by atoms with E-state index in [0.29, 0.717) is 5.56 Å². The first-order valence-electron chi connectivity index (χ1n) is 5.65. The number of sulfonamides is 1. The molecule has 0 unspecified atom stereocenters. The highest BCUT2D eigenvalue weighted by atomic mass is 79.9. The molecular weight excluding hydrogens is 330 g/mol. The van der Waals surface area contributed by atoms with Crippen LogP contribution in [-0.4, -0.2) is 18.6 Å². The minimum absolute atomic E-state index is 0.219. The van der Waals surface area contributed by atoms with Crippen molar-refractivity contribution in [2.24, 2.45) is 0 Å². The van der Waals surface area contributed by atoms with Crippen molar-refractivity contribution < 1.29 is 8.42 Å². The second-order valence-corrected chi connectivity index (χ2v) is 6.91. The minimum atomic E-state index is -3.53. The number of nitrogens with one attached hydrogen (secondary N) is 2. The van der Waals surface area contributed by atoms with Crippen LogP contribution in [0.25, 0.3) is 0 Å². The zero-order chi connectivity index (χ0) is 14.0. The summed E-state index contributed by atoms with van der Waals surface area (Å²) in [5, 5.41) is 6.63. The highest BCUT2D eigenvalue weighted by molar-refractivity contribution is 9.10. The van der Waals surface area contributed by atoms with Gasteiger partial charge in [-0.15, -0.1) is 0 Å². The Morgan fingerprint density at radius 1 is 1.37 bits per heavy atom. The number of nitrogens with zero attached hydrogens (tertiary/aromatic N) is 1. The Balaban J connectivity index is 2.23. The van der Waals surface area contributed by atoms with Gasteiger partial charge in [0, 0.05) is 22.3 Å². The van der Waals surface area contributed by atoms with Crippen molar-refractivity contribution in [3.05, 3.63) is 45.7 Å². The van der Waals surface area contributed by atoms with E-state index in [4.69, 9.17) is 0 Å². The van der Waals surface area contributed by atoms with Crippen LogP contribution in [0.1, 0.15) is 16.8 Å². The summed E-state index contributed by atoms with van der Waals surface area (Å²) in [6.45, 7) is 3.84. The van der Waals surface area contributed by atoms with E-state index in [1.807, 2.05) is 13.0 Å². The summed E-state index contributed by atoms with van der Waals surface area (Å²) in [4.78, 5) is 0.281. The highest BCUT2D eigenvalue weighted by Gasteiger charge is 2.17. The topological polar surface area (TPSA) is 74.8 Å². The molecule has 1 aromatic heterocycles. The molecule has 2 aromatic rings. The van der Waals surface area contributed by atoms with E-state index in [1.54, 1.807) is 25.3 Å². The summed E-state index contributed by atoms with van der Waals surface area (Å²) in [5.41, 5.74) is 2.39. The summed E-state index contributed by atoms with van der Waals surface area (Å²) < 4.78 is 27.8. The Morgan fingerprint density at radius 3 is 2.74 bits per heavy atom. The molecule has 0 fully saturated rings. The molecule has 0 aliphatic carbocycles. The van der Waals surface area contributed by atoms with Gasteiger partial charge in [-0.2, -0.15) is 5.10 Å². The van der Waals surface area contributed by atoms with Gasteiger partial charge in [0.2, 0.25) is 10.0 Å². The van der Waals surface area contributed by atoms with Crippen LogP contribution in [0.5, 0.6) is 0 Å². The van der Waals surface area contributed by atoms with Crippen LogP contribution in [0.2, 0.25) is 0 Å². The van der Waals surface area contributed by atoms with E-state index in [9.17, 15) is 8.42 Å². The molecule has 2 N–H and O–H groups in total. The molecular formula is C12H14BrN3O2S. The van der Waals surface area contributed by atoms with Crippen LogP contribution >= 0.6 is 15.9 Å². The van der Waals surface area contributed by atoms with Crippen molar-refractivity contribution in [1.82, 2.24) is 14.9 Å². The molecule has 0 saturated heterocycles. The van der Waals surface area contributed by atoms with Crippen molar-refractivity contribution in [1.29, 1.82) is 0 Å². The van der Waals surface area contributed by atoms with Crippen LogP contribution in [0.4, 0.5) is 0 Å². The zero-order valence-electron chi connectivity index (χ0n) is 10.6. The van der Waals surface area contributed by atoms with Gasteiger partial charge in [0.25, 0.3) is 0 Å². The van der Waals surface area contributed by atoms with Gasteiger partial charge in [-0.25, -0.2) is 13.1 Å². The van der Waals surface area contributed by atoms with Gasteiger partial charge in [-0.05, 0) is 31.5 Å². The van der Waals surface area contributed by atoms with Crippen LogP contribution in [0.15, 0.2) is 33.8 Å². The third kappa shape index (κ3) is 3.23. The predicted molar refractivity (Wildman–Crippen MR) is 76.2 cm³/mol. The molecule has 19 heavy (non-hydrogen) atoms. The molecule has 0 aliphatic rings. The second-order valence-electron chi connectivity index (χ2n) is 4.25. The highest BCUT2D eigenvalue weighted by Crippen LogP contribution is 2.20. The number of hydrogen-bond acceptors (Lipinski definition) is 3. The van der Waals surface area contributed by atoms with Crippen molar-refractivity contribution in [3.63, 3.8) is 0 Å². The van der Waals surface area contributed by atoms with E-state index in [-0.39, 0.29) is 11.4 Å².